The lowest BCUT2D eigenvalue weighted by atomic mass is 9.99. The molecule has 0 radical (unpaired) electrons. The molecule has 0 bridgehead atoms. The fraction of sp³-hybridized carbons (Fsp3) is 0.909. The molecule has 106 valence electrons. The van der Waals surface area contributed by atoms with Crippen molar-refractivity contribution in [2.75, 3.05) is 20.8 Å². The van der Waals surface area contributed by atoms with Crippen molar-refractivity contribution in [1.82, 2.24) is 0 Å². The van der Waals surface area contributed by atoms with Crippen LogP contribution in [-0.4, -0.2) is 57.6 Å². The number of ether oxygens (including phenoxy) is 5. The lowest BCUT2D eigenvalue weighted by molar-refractivity contribution is -0.292. The number of carbonyl (C=O) groups excluding carboxylic acids is 1. The molecule has 1 fully saturated rings. The van der Waals surface area contributed by atoms with Gasteiger partial charge in [-0.25, -0.2) is 4.79 Å². The van der Waals surface area contributed by atoms with Crippen molar-refractivity contribution >= 4 is 6.09 Å². The summed E-state index contributed by atoms with van der Waals surface area (Å²) in [5.74, 6) is 0. The molecule has 1 rings (SSSR count). The molecule has 0 aromatic carbocycles. The summed E-state index contributed by atoms with van der Waals surface area (Å²) < 4.78 is 26.7. The number of rotatable bonds is 5. The van der Waals surface area contributed by atoms with Gasteiger partial charge in [0.2, 0.25) is 6.29 Å². The highest BCUT2D eigenvalue weighted by Crippen LogP contribution is 2.27. The maximum Gasteiger partial charge on any atom is 0.406 e. The van der Waals surface area contributed by atoms with Crippen LogP contribution >= 0.6 is 0 Å². The second-order valence-corrected chi connectivity index (χ2v) is 3.97. The van der Waals surface area contributed by atoms with E-state index in [-0.39, 0.29) is 12.2 Å². The van der Waals surface area contributed by atoms with Gasteiger partial charge in [-0.1, -0.05) is 0 Å². The Bertz CT molecular complexity index is 274. The molecule has 7 nitrogen and oxygen atoms in total. The summed E-state index contributed by atoms with van der Waals surface area (Å²) >= 11 is 0. The van der Waals surface area contributed by atoms with Gasteiger partial charge in [0.25, 0.3) is 0 Å². The van der Waals surface area contributed by atoms with Crippen LogP contribution in [-0.2, 0) is 23.7 Å². The van der Waals surface area contributed by atoms with Gasteiger partial charge in [-0.05, 0) is 13.8 Å². The standard InChI is InChI=1S/C11H21NO6/c1-5-16-8-7(14-3)6(2)17-10(9(8)15-4)18-11(12)13/h6-10H,5H2,1-4H3,(H2,12,13)/t6-,7-,8+,9+,10-/m0/s1. The molecule has 1 aliphatic rings. The van der Waals surface area contributed by atoms with E-state index in [1.807, 2.05) is 13.8 Å². The molecule has 0 spiro atoms. The first-order chi connectivity index (χ1) is 8.54. The largest absolute Gasteiger partial charge is 0.417 e. The summed E-state index contributed by atoms with van der Waals surface area (Å²) in [5.41, 5.74) is 5.00. The van der Waals surface area contributed by atoms with Gasteiger partial charge in [-0.15, -0.1) is 0 Å². The van der Waals surface area contributed by atoms with Crippen molar-refractivity contribution in [2.24, 2.45) is 5.73 Å². The maximum absolute atomic E-state index is 10.8. The van der Waals surface area contributed by atoms with E-state index in [9.17, 15) is 4.79 Å². The predicted molar refractivity (Wildman–Crippen MR) is 62.0 cm³/mol. The zero-order chi connectivity index (χ0) is 13.7. The van der Waals surface area contributed by atoms with Crippen LogP contribution in [0.5, 0.6) is 0 Å². The van der Waals surface area contributed by atoms with Gasteiger partial charge in [0.1, 0.15) is 18.3 Å². The first-order valence-electron chi connectivity index (χ1n) is 5.83. The summed E-state index contributed by atoms with van der Waals surface area (Å²) in [6, 6.07) is 0. The monoisotopic (exact) mass is 263 g/mol. The van der Waals surface area contributed by atoms with Gasteiger partial charge in [0.15, 0.2) is 0 Å². The molecule has 1 heterocycles. The van der Waals surface area contributed by atoms with Crippen molar-refractivity contribution < 1.29 is 28.5 Å². The molecule has 0 aromatic rings. The molecular formula is C11H21NO6. The normalized spacial score (nSPS) is 36.3. The zero-order valence-corrected chi connectivity index (χ0v) is 11.1. The van der Waals surface area contributed by atoms with Crippen LogP contribution in [0.25, 0.3) is 0 Å². The second kappa shape index (κ2) is 6.89. The lowest BCUT2D eigenvalue weighted by Gasteiger charge is -2.43. The first-order valence-corrected chi connectivity index (χ1v) is 5.83. The number of hydrogen-bond donors (Lipinski definition) is 1. The molecule has 0 aromatic heterocycles. The maximum atomic E-state index is 10.8. The van der Waals surface area contributed by atoms with Crippen LogP contribution in [0.15, 0.2) is 0 Å². The van der Waals surface area contributed by atoms with Gasteiger partial charge in [-0.2, -0.15) is 0 Å². The van der Waals surface area contributed by atoms with Crippen LogP contribution in [0.1, 0.15) is 13.8 Å². The number of hydrogen-bond acceptors (Lipinski definition) is 6. The van der Waals surface area contributed by atoms with Crippen LogP contribution in [0.3, 0.4) is 0 Å². The topological polar surface area (TPSA) is 89.2 Å². The van der Waals surface area contributed by atoms with Gasteiger partial charge in [0.05, 0.1) is 6.10 Å². The van der Waals surface area contributed by atoms with Gasteiger partial charge in [-0.3, -0.25) is 0 Å². The van der Waals surface area contributed by atoms with Gasteiger partial charge >= 0.3 is 6.09 Å². The summed E-state index contributed by atoms with van der Waals surface area (Å²) in [6.07, 6.45) is -3.40. The number of carbonyl (C=O) groups is 1. The Labute approximate surface area is 106 Å². The molecule has 1 amide bonds. The highest BCUT2D eigenvalue weighted by atomic mass is 16.7. The average molecular weight is 263 g/mol. The summed E-state index contributed by atoms with van der Waals surface area (Å²) in [7, 11) is 3.05. The smallest absolute Gasteiger partial charge is 0.406 e. The van der Waals surface area contributed by atoms with Crippen LogP contribution in [0.4, 0.5) is 4.79 Å². The zero-order valence-electron chi connectivity index (χ0n) is 11.1. The van der Waals surface area contributed by atoms with Crippen molar-refractivity contribution in [2.45, 2.75) is 44.6 Å². The fourth-order valence-electron chi connectivity index (χ4n) is 2.14. The van der Waals surface area contributed by atoms with E-state index in [2.05, 4.69) is 0 Å². The third kappa shape index (κ3) is 3.32. The third-order valence-corrected chi connectivity index (χ3v) is 2.86. The quantitative estimate of drug-likeness (QED) is 0.765. The van der Waals surface area contributed by atoms with E-state index in [1.54, 1.807) is 7.11 Å². The summed E-state index contributed by atoms with van der Waals surface area (Å²) in [5, 5.41) is 0. The molecule has 2 N–H and O–H groups in total. The van der Waals surface area contributed by atoms with Crippen molar-refractivity contribution in [3.05, 3.63) is 0 Å². The number of amides is 1. The first kappa shape index (κ1) is 15.2. The van der Waals surface area contributed by atoms with Crippen LogP contribution < -0.4 is 5.73 Å². The van der Waals surface area contributed by atoms with Crippen molar-refractivity contribution in [1.29, 1.82) is 0 Å². The number of nitrogens with two attached hydrogens (primary N) is 1. The Morgan fingerprint density at radius 2 is 1.83 bits per heavy atom. The molecule has 18 heavy (non-hydrogen) atoms. The summed E-state index contributed by atoms with van der Waals surface area (Å²) in [6.45, 7) is 4.16. The minimum absolute atomic E-state index is 0.303. The minimum atomic E-state index is -0.916. The molecule has 5 atom stereocenters. The van der Waals surface area contributed by atoms with Crippen molar-refractivity contribution in [3.63, 3.8) is 0 Å². The van der Waals surface area contributed by atoms with Gasteiger partial charge < -0.3 is 29.4 Å². The SMILES string of the molecule is CCO[C@@H]1[C@@H](OC)[C@H](C)O[C@@H](OC(N)=O)[C@@H]1OC. The highest BCUT2D eigenvalue weighted by Gasteiger charge is 2.47. The highest BCUT2D eigenvalue weighted by molar-refractivity contribution is 5.64. The summed E-state index contributed by atoms with van der Waals surface area (Å²) in [4.78, 5) is 10.8. The minimum Gasteiger partial charge on any atom is -0.417 e. The third-order valence-electron chi connectivity index (χ3n) is 2.86. The van der Waals surface area contributed by atoms with Crippen molar-refractivity contribution in [3.8, 4) is 0 Å². The molecule has 0 aliphatic carbocycles. The van der Waals surface area contributed by atoms with Gasteiger partial charge in [0, 0.05) is 20.8 Å². The predicted octanol–water partition coefficient (Wildman–Crippen LogP) is 0.262. The molecular weight excluding hydrogens is 242 g/mol. The van der Waals surface area contributed by atoms with Crippen LogP contribution in [0.2, 0.25) is 0 Å². The van der Waals surface area contributed by atoms with E-state index in [0.717, 1.165) is 0 Å². The molecule has 0 unspecified atom stereocenters. The van der Waals surface area contributed by atoms with Crippen LogP contribution in [0, 0.1) is 0 Å². The molecule has 1 saturated heterocycles. The Morgan fingerprint density at radius 1 is 1.22 bits per heavy atom. The molecule has 1 aliphatic heterocycles. The molecule has 0 saturated carbocycles. The Kier molecular flexibility index (Phi) is 5.80. The van der Waals surface area contributed by atoms with E-state index in [1.165, 1.54) is 7.11 Å². The fourth-order valence-corrected chi connectivity index (χ4v) is 2.14. The Balaban J connectivity index is 2.86. The second-order valence-electron chi connectivity index (χ2n) is 3.97. The Hall–Kier alpha value is -0.890. The average Bonchev–Trinajstić information content (AvgIpc) is 2.29. The Morgan fingerprint density at radius 3 is 2.28 bits per heavy atom. The lowest BCUT2D eigenvalue weighted by Crippen LogP contribution is -2.60. The van der Waals surface area contributed by atoms with E-state index >= 15 is 0 Å². The van der Waals surface area contributed by atoms with E-state index in [4.69, 9.17) is 29.4 Å². The number of methoxy groups -OCH3 is 2. The van der Waals surface area contributed by atoms with E-state index < -0.39 is 24.6 Å². The van der Waals surface area contributed by atoms with E-state index in [0.29, 0.717) is 6.61 Å². The number of primary amides is 1. The molecule has 7 heteroatoms.